The van der Waals surface area contributed by atoms with Crippen molar-refractivity contribution in [3.63, 3.8) is 0 Å². The van der Waals surface area contributed by atoms with Gasteiger partial charge >= 0.3 is 0 Å². The van der Waals surface area contributed by atoms with Crippen LogP contribution in [-0.4, -0.2) is 16.8 Å². The van der Waals surface area contributed by atoms with Crippen molar-refractivity contribution in [2.45, 2.75) is 13.5 Å². The molecule has 2 N–H and O–H groups in total. The summed E-state index contributed by atoms with van der Waals surface area (Å²) in [7, 11) is 0. The van der Waals surface area contributed by atoms with Crippen molar-refractivity contribution in [2.24, 2.45) is 0 Å². The van der Waals surface area contributed by atoms with Crippen molar-refractivity contribution in [2.75, 3.05) is 5.32 Å². The quantitative estimate of drug-likeness (QED) is 0.912. The van der Waals surface area contributed by atoms with Crippen LogP contribution in [0.4, 0.5) is 5.13 Å². The van der Waals surface area contributed by atoms with E-state index in [2.05, 4.69) is 15.6 Å². The molecule has 20 heavy (non-hydrogen) atoms. The van der Waals surface area contributed by atoms with E-state index in [1.165, 1.54) is 18.3 Å². The maximum atomic E-state index is 11.9. The number of nitrogens with zero attached hydrogens (tertiary/aromatic N) is 1. The molecule has 1 heterocycles. The highest BCUT2D eigenvalue weighted by Crippen LogP contribution is 2.16. The Labute approximate surface area is 125 Å². The summed E-state index contributed by atoms with van der Waals surface area (Å²) >= 11 is 7.20. The molecular formula is C13H12ClN3O2S. The number of rotatable bonds is 4. The van der Waals surface area contributed by atoms with Crippen LogP contribution in [0.15, 0.2) is 29.6 Å². The molecule has 0 saturated carbocycles. The van der Waals surface area contributed by atoms with Gasteiger partial charge in [-0.1, -0.05) is 29.8 Å². The van der Waals surface area contributed by atoms with Gasteiger partial charge in [0, 0.05) is 23.9 Å². The second kappa shape index (κ2) is 6.49. The molecule has 0 aliphatic heterocycles. The number of thiazole rings is 1. The standard InChI is InChI=1S/C13H12ClN3O2S/c1-8(18)16-13-17-11(7-20-13)12(19)15-6-9-4-2-3-5-10(9)14/h2-5,7H,6H2,1H3,(H,15,19)(H,16,17,18). The van der Waals surface area contributed by atoms with Gasteiger partial charge in [0.2, 0.25) is 5.91 Å². The summed E-state index contributed by atoms with van der Waals surface area (Å²) < 4.78 is 0. The highest BCUT2D eigenvalue weighted by molar-refractivity contribution is 7.14. The molecule has 0 aliphatic carbocycles. The summed E-state index contributed by atoms with van der Waals surface area (Å²) in [5.74, 6) is -0.528. The van der Waals surface area contributed by atoms with Gasteiger partial charge in [-0.3, -0.25) is 9.59 Å². The molecule has 0 spiro atoms. The number of amides is 2. The number of benzene rings is 1. The Balaban J connectivity index is 1.97. The van der Waals surface area contributed by atoms with Crippen LogP contribution in [0.25, 0.3) is 0 Å². The average Bonchev–Trinajstić information content (AvgIpc) is 2.85. The third-order valence-electron chi connectivity index (χ3n) is 2.42. The Morgan fingerprint density at radius 2 is 2.10 bits per heavy atom. The van der Waals surface area contributed by atoms with Crippen LogP contribution >= 0.6 is 22.9 Å². The molecule has 0 unspecified atom stereocenters. The van der Waals surface area contributed by atoms with E-state index in [4.69, 9.17) is 11.6 Å². The summed E-state index contributed by atoms with van der Waals surface area (Å²) in [5, 5.41) is 7.86. The van der Waals surface area contributed by atoms with Crippen LogP contribution in [0, 0.1) is 0 Å². The van der Waals surface area contributed by atoms with Crippen LogP contribution in [0.5, 0.6) is 0 Å². The van der Waals surface area contributed by atoms with Crippen LogP contribution in [0.2, 0.25) is 5.02 Å². The average molecular weight is 310 g/mol. The van der Waals surface area contributed by atoms with Gasteiger partial charge in [-0.15, -0.1) is 11.3 Å². The molecule has 5 nitrogen and oxygen atoms in total. The number of anilines is 1. The van der Waals surface area contributed by atoms with E-state index in [-0.39, 0.29) is 17.5 Å². The van der Waals surface area contributed by atoms with Gasteiger partial charge in [-0.2, -0.15) is 0 Å². The fraction of sp³-hybridized carbons (Fsp3) is 0.154. The first-order valence-electron chi connectivity index (χ1n) is 5.81. The monoisotopic (exact) mass is 309 g/mol. The molecule has 0 saturated heterocycles. The Bertz CT molecular complexity index is 642. The van der Waals surface area contributed by atoms with Gasteiger partial charge in [0.15, 0.2) is 5.13 Å². The van der Waals surface area contributed by atoms with Crippen molar-refractivity contribution in [1.29, 1.82) is 0 Å². The van der Waals surface area contributed by atoms with Gasteiger partial charge in [0.05, 0.1) is 0 Å². The van der Waals surface area contributed by atoms with Crippen molar-refractivity contribution < 1.29 is 9.59 Å². The maximum absolute atomic E-state index is 11.9. The minimum Gasteiger partial charge on any atom is -0.347 e. The van der Waals surface area contributed by atoms with Gasteiger partial charge in [-0.05, 0) is 11.6 Å². The number of carbonyl (C=O) groups excluding carboxylic acids is 2. The van der Waals surface area contributed by atoms with E-state index >= 15 is 0 Å². The van der Waals surface area contributed by atoms with Gasteiger partial charge < -0.3 is 10.6 Å². The summed E-state index contributed by atoms with van der Waals surface area (Å²) in [4.78, 5) is 26.8. The highest BCUT2D eigenvalue weighted by Gasteiger charge is 2.11. The zero-order valence-electron chi connectivity index (χ0n) is 10.6. The Hall–Kier alpha value is -1.92. The lowest BCUT2D eigenvalue weighted by atomic mass is 10.2. The van der Waals surface area contributed by atoms with E-state index in [9.17, 15) is 9.59 Å². The molecule has 0 atom stereocenters. The number of nitrogens with one attached hydrogen (secondary N) is 2. The third-order valence-corrected chi connectivity index (χ3v) is 3.54. The molecule has 0 fully saturated rings. The second-order valence-corrected chi connectivity index (χ2v) is 5.26. The minimum absolute atomic E-state index is 0.220. The second-order valence-electron chi connectivity index (χ2n) is 3.99. The predicted octanol–water partition coefficient (Wildman–Crippen LogP) is 2.68. The summed E-state index contributed by atoms with van der Waals surface area (Å²) in [6.45, 7) is 1.71. The molecule has 0 bridgehead atoms. The maximum Gasteiger partial charge on any atom is 0.271 e. The van der Waals surface area contributed by atoms with Gasteiger partial charge in [0.25, 0.3) is 5.91 Å². The summed E-state index contributed by atoms with van der Waals surface area (Å²) in [6.07, 6.45) is 0. The number of carbonyl (C=O) groups is 2. The van der Waals surface area contributed by atoms with Crippen LogP contribution in [0.3, 0.4) is 0 Å². The molecular weight excluding hydrogens is 298 g/mol. The van der Waals surface area contributed by atoms with Gasteiger partial charge in [0.1, 0.15) is 5.69 Å². The fourth-order valence-electron chi connectivity index (χ4n) is 1.49. The minimum atomic E-state index is -0.308. The molecule has 2 amide bonds. The van der Waals surface area contributed by atoms with Crippen molar-refractivity contribution in [3.8, 4) is 0 Å². The van der Waals surface area contributed by atoms with E-state index in [1.54, 1.807) is 11.4 Å². The first-order valence-corrected chi connectivity index (χ1v) is 7.07. The zero-order chi connectivity index (χ0) is 14.5. The number of aromatic nitrogens is 1. The summed E-state index contributed by atoms with van der Waals surface area (Å²) in [5.41, 5.74) is 1.10. The smallest absolute Gasteiger partial charge is 0.271 e. The van der Waals surface area contributed by atoms with E-state index in [0.29, 0.717) is 16.7 Å². The third kappa shape index (κ3) is 3.79. The zero-order valence-corrected chi connectivity index (χ0v) is 12.2. The Morgan fingerprint density at radius 1 is 1.35 bits per heavy atom. The number of halogens is 1. The first kappa shape index (κ1) is 14.5. The van der Waals surface area contributed by atoms with Crippen LogP contribution in [-0.2, 0) is 11.3 Å². The molecule has 0 aliphatic rings. The van der Waals surface area contributed by atoms with E-state index in [0.717, 1.165) is 5.56 Å². The molecule has 2 aromatic rings. The van der Waals surface area contributed by atoms with Crippen LogP contribution < -0.4 is 10.6 Å². The lowest BCUT2D eigenvalue weighted by Gasteiger charge is -2.05. The molecule has 104 valence electrons. The molecule has 2 rings (SSSR count). The molecule has 1 aromatic heterocycles. The molecule has 0 radical (unpaired) electrons. The van der Waals surface area contributed by atoms with E-state index in [1.807, 2.05) is 18.2 Å². The Kier molecular flexibility index (Phi) is 4.70. The normalized spacial score (nSPS) is 10.1. The number of hydrogen-bond acceptors (Lipinski definition) is 4. The first-order chi connectivity index (χ1) is 9.56. The lowest BCUT2D eigenvalue weighted by molar-refractivity contribution is -0.114. The molecule has 1 aromatic carbocycles. The van der Waals surface area contributed by atoms with E-state index < -0.39 is 0 Å². The van der Waals surface area contributed by atoms with Crippen molar-refractivity contribution in [1.82, 2.24) is 10.3 Å². The SMILES string of the molecule is CC(=O)Nc1nc(C(=O)NCc2ccccc2Cl)cs1. The van der Waals surface area contributed by atoms with Gasteiger partial charge in [-0.25, -0.2) is 4.98 Å². The molecule has 7 heteroatoms. The Morgan fingerprint density at radius 3 is 2.80 bits per heavy atom. The highest BCUT2D eigenvalue weighted by atomic mass is 35.5. The fourth-order valence-corrected chi connectivity index (χ4v) is 2.43. The van der Waals surface area contributed by atoms with Crippen molar-refractivity contribution in [3.05, 3.63) is 45.9 Å². The largest absolute Gasteiger partial charge is 0.347 e. The van der Waals surface area contributed by atoms with Crippen molar-refractivity contribution >= 4 is 39.9 Å². The number of hydrogen-bond donors (Lipinski definition) is 2. The predicted molar refractivity (Wildman–Crippen MR) is 79.0 cm³/mol. The van der Waals surface area contributed by atoms with Crippen LogP contribution in [0.1, 0.15) is 23.0 Å². The lowest BCUT2D eigenvalue weighted by Crippen LogP contribution is -2.23. The summed E-state index contributed by atoms with van der Waals surface area (Å²) in [6, 6.07) is 7.28. The topological polar surface area (TPSA) is 71.1 Å².